The molecule has 1 saturated carbocycles. The fourth-order valence-electron chi connectivity index (χ4n) is 2.25. The molecule has 1 heterocycles. The second kappa shape index (κ2) is 7.41. The Kier molecular flexibility index (Phi) is 5.46. The molecule has 0 aliphatic heterocycles. The third-order valence-corrected chi connectivity index (χ3v) is 3.22. The first-order valence-corrected chi connectivity index (χ1v) is 6.67. The molecule has 3 heteroatoms. The lowest BCUT2D eigenvalue weighted by molar-refractivity contribution is 0.0302. The molecule has 17 heavy (non-hydrogen) atoms. The average molecular weight is 234 g/mol. The number of nitrogens with one attached hydrogen (secondary N) is 1. The van der Waals surface area contributed by atoms with Crippen molar-refractivity contribution in [1.29, 1.82) is 0 Å². The van der Waals surface area contributed by atoms with Crippen LogP contribution >= 0.6 is 0 Å². The topological polar surface area (TPSA) is 34.1 Å². The third kappa shape index (κ3) is 4.84. The van der Waals surface area contributed by atoms with Gasteiger partial charge in [0.2, 0.25) is 0 Å². The van der Waals surface area contributed by atoms with E-state index < -0.39 is 0 Å². The molecule has 1 N–H and O–H groups in total. The molecule has 94 valence electrons. The summed E-state index contributed by atoms with van der Waals surface area (Å²) >= 11 is 0. The van der Waals surface area contributed by atoms with Crippen molar-refractivity contribution in [1.82, 2.24) is 10.3 Å². The predicted octanol–water partition coefficient (Wildman–Crippen LogP) is 2.52. The van der Waals surface area contributed by atoms with Crippen LogP contribution in [0.4, 0.5) is 0 Å². The monoisotopic (exact) mass is 234 g/mol. The van der Waals surface area contributed by atoms with E-state index in [4.69, 9.17) is 4.74 Å². The van der Waals surface area contributed by atoms with Gasteiger partial charge in [-0.05, 0) is 25.0 Å². The van der Waals surface area contributed by atoms with Crippen LogP contribution in [0.5, 0.6) is 0 Å². The van der Waals surface area contributed by atoms with E-state index in [-0.39, 0.29) is 0 Å². The number of rotatable bonds is 6. The molecule has 1 aliphatic carbocycles. The van der Waals surface area contributed by atoms with Gasteiger partial charge >= 0.3 is 0 Å². The van der Waals surface area contributed by atoms with E-state index in [1.165, 1.54) is 32.1 Å². The van der Waals surface area contributed by atoms with Crippen LogP contribution in [0.2, 0.25) is 0 Å². The van der Waals surface area contributed by atoms with E-state index in [0.29, 0.717) is 6.10 Å². The van der Waals surface area contributed by atoms with Crippen LogP contribution in [0.15, 0.2) is 24.4 Å². The summed E-state index contributed by atoms with van der Waals surface area (Å²) in [5, 5.41) is 3.35. The Bertz CT molecular complexity index is 296. The minimum atomic E-state index is 0.514. The summed E-state index contributed by atoms with van der Waals surface area (Å²) in [6.07, 6.45) is 8.91. The maximum absolute atomic E-state index is 5.84. The summed E-state index contributed by atoms with van der Waals surface area (Å²) in [4.78, 5) is 4.26. The number of hydrogen-bond donors (Lipinski definition) is 1. The minimum absolute atomic E-state index is 0.514. The SMILES string of the molecule is c1ccc(CNCCOC2CCCCC2)nc1. The highest BCUT2D eigenvalue weighted by molar-refractivity contribution is 5.02. The molecule has 0 aromatic carbocycles. The molecular formula is C14H22N2O. The standard InChI is InChI=1S/C14H22N2O/c1-2-7-14(8-3-1)17-11-10-15-12-13-6-4-5-9-16-13/h4-6,9,14-15H,1-3,7-8,10-12H2. The highest BCUT2D eigenvalue weighted by atomic mass is 16.5. The zero-order valence-corrected chi connectivity index (χ0v) is 10.4. The lowest BCUT2D eigenvalue weighted by Gasteiger charge is -2.21. The molecule has 0 amide bonds. The van der Waals surface area contributed by atoms with Crippen LogP contribution in [0.25, 0.3) is 0 Å². The van der Waals surface area contributed by atoms with E-state index in [1.807, 2.05) is 24.4 Å². The Balaban J connectivity index is 1.51. The highest BCUT2D eigenvalue weighted by Crippen LogP contribution is 2.19. The first-order valence-electron chi connectivity index (χ1n) is 6.67. The van der Waals surface area contributed by atoms with E-state index in [1.54, 1.807) is 0 Å². The van der Waals surface area contributed by atoms with Gasteiger partial charge in [-0.3, -0.25) is 4.98 Å². The normalized spacial score (nSPS) is 17.2. The van der Waals surface area contributed by atoms with Crippen molar-refractivity contribution in [2.45, 2.75) is 44.8 Å². The highest BCUT2D eigenvalue weighted by Gasteiger charge is 2.12. The number of aromatic nitrogens is 1. The molecule has 0 radical (unpaired) electrons. The summed E-state index contributed by atoms with van der Waals surface area (Å²) < 4.78 is 5.84. The maximum Gasteiger partial charge on any atom is 0.0594 e. The van der Waals surface area contributed by atoms with Gasteiger partial charge in [0, 0.05) is 19.3 Å². The zero-order chi connectivity index (χ0) is 11.8. The molecule has 2 rings (SSSR count). The van der Waals surface area contributed by atoms with Crippen LogP contribution in [0.3, 0.4) is 0 Å². The Morgan fingerprint density at radius 1 is 1.24 bits per heavy atom. The van der Waals surface area contributed by atoms with Crippen molar-refractivity contribution in [2.24, 2.45) is 0 Å². The van der Waals surface area contributed by atoms with Crippen molar-refractivity contribution in [3.8, 4) is 0 Å². The van der Waals surface area contributed by atoms with E-state index in [2.05, 4.69) is 10.3 Å². The number of pyridine rings is 1. The van der Waals surface area contributed by atoms with Crippen LogP contribution in [0, 0.1) is 0 Å². The Hall–Kier alpha value is -0.930. The van der Waals surface area contributed by atoms with Gasteiger partial charge in [-0.25, -0.2) is 0 Å². The third-order valence-electron chi connectivity index (χ3n) is 3.22. The van der Waals surface area contributed by atoms with Crippen molar-refractivity contribution >= 4 is 0 Å². The van der Waals surface area contributed by atoms with Gasteiger partial charge in [0.15, 0.2) is 0 Å². The van der Waals surface area contributed by atoms with Crippen LogP contribution in [0.1, 0.15) is 37.8 Å². The van der Waals surface area contributed by atoms with Crippen molar-refractivity contribution < 1.29 is 4.74 Å². The fraction of sp³-hybridized carbons (Fsp3) is 0.643. The van der Waals surface area contributed by atoms with E-state index in [0.717, 1.165) is 25.4 Å². The molecular weight excluding hydrogens is 212 g/mol. The summed E-state index contributed by atoms with van der Waals surface area (Å²) in [7, 11) is 0. The average Bonchev–Trinajstić information content (AvgIpc) is 2.41. The molecule has 1 aromatic rings. The van der Waals surface area contributed by atoms with Gasteiger partial charge in [-0.2, -0.15) is 0 Å². The van der Waals surface area contributed by atoms with Crippen molar-refractivity contribution in [2.75, 3.05) is 13.2 Å². The van der Waals surface area contributed by atoms with Crippen LogP contribution in [-0.4, -0.2) is 24.2 Å². The zero-order valence-electron chi connectivity index (χ0n) is 10.4. The lowest BCUT2D eigenvalue weighted by atomic mass is 9.98. The van der Waals surface area contributed by atoms with E-state index >= 15 is 0 Å². The molecule has 0 bridgehead atoms. The molecule has 3 nitrogen and oxygen atoms in total. The van der Waals surface area contributed by atoms with Crippen molar-refractivity contribution in [3.05, 3.63) is 30.1 Å². The second-order valence-electron chi connectivity index (χ2n) is 4.63. The summed E-state index contributed by atoms with van der Waals surface area (Å²) in [6.45, 7) is 2.56. The summed E-state index contributed by atoms with van der Waals surface area (Å²) in [5.74, 6) is 0. The lowest BCUT2D eigenvalue weighted by Crippen LogP contribution is -2.24. The summed E-state index contributed by atoms with van der Waals surface area (Å²) in [5.41, 5.74) is 1.09. The fourth-order valence-corrected chi connectivity index (χ4v) is 2.25. The van der Waals surface area contributed by atoms with Gasteiger partial charge in [0.1, 0.15) is 0 Å². The van der Waals surface area contributed by atoms with Gasteiger partial charge in [0.25, 0.3) is 0 Å². The Morgan fingerprint density at radius 2 is 2.12 bits per heavy atom. The van der Waals surface area contributed by atoms with E-state index in [9.17, 15) is 0 Å². The molecule has 1 fully saturated rings. The minimum Gasteiger partial charge on any atom is -0.377 e. The van der Waals surface area contributed by atoms with Gasteiger partial charge in [-0.1, -0.05) is 25.3 Å². The Morgan fingerprint density at radius 3 is 2.88 bits per heavy atom. The number of hydrogen-bond acceptors (Lipinski definition) is 3. The van der Waals surface area contributed by atoms with Crippen LogP contribution in [-0.2, 0) is 11.3 Å². The largest absolute Gasteiger partial charge is 0.377 e. The quantitative estimate of drug-likeness (QED) is 0.768. The molecule has 0 atom stereocenters. The molecule has 1 aliphatic rings. The number of ether oxygens (including phenoxy) is 1. The maximum atomic E-state index is 5.84. The second-order valence-corrected chi connectivity index (χ2v) is 4.63. The van der Waals surface area contributed by atoms with Crippen LogP contribution < -0.4 is 5.32 Å². The first kappa shape index (κ1) is 12.5. The van der Waals surface area contributed by atoms with Gasteiger partial charge in [0.05, 0.1) is 18.4 Å². The molecule has 0 spiro atoms. The first-order chi connectivity index (χ1) is 8.45. The smallest absolute Gasteiger partial charge is 0.0594 e. The molecule has 0 unspecified atom stereocenters. The molecule has 0 saturated heterocycles. The predicted molar refractivity (Wildman–Crippen MR) is 68.8 cm³/mol. The molecule has 1 aromatic heterocycles. The van der Waals surface area contributed by atoms with Crippen molar-refractivity contribution in [3.63, 3.8) is 0 Å². The number of nitrogens with zero attached hydrogens (tertiary/aromatic N) is 1. The van der Waals surface area contributed by atoms with Gasteiger partial charge in [-0.15, -0.1) is 0 Å². The van der Waals surface area contributed by atoms with Gasteiger partial charge < -0.3 is 10.1 Å². The summed E-state index contributed by atoms with van der Waals surface area (Å²) in [6, 6.07) is 5.99. The Labute approximate surface area is 104 Å².